The maximum atomic E-state index is 12.5. The van der Waals surface area contributed by atoms with Crippen molar-refractivity contribution in [2.45, 2.75) is 6.92 Å². The molecule has 1 N–H and O–H groups in total. The number of amides is 1. The average molecular weight is 366 g/mol. The average Bonchev–Trinajstić information content (AvgIpc) is 3.15. The monoisotopic (exact) mass is 365 g/mol. The minimum Gasteiger partial charge on any atom is -0.320 e. The van der Waals surface area contributed by atoms with E-state index >= 15 is 0 Å². The van der Waals surface area contributed by atoms with E-state index in [0.29, 0.717) is 16.4 Å². The summed E-state index contributed by atoms with van der Waals surface area (Å²) >= 11 is 6.03. The molecule has 0 saturated heterocycles. The predicted molar refractivity (Wildman–Crippen MR) is 102 cm³/mol. The lowest BCUT2D eigenvalue weighted by Gasteiger charge is -2.06. The maximum absolute atomic E-state index is 12.5. The molecule has 0 fully saturated rings. The number of carbonyl (C=O) groups excluding carboxylic acids is 1. The van der Waals surface area contributed by atoms with Crippen LogP contribution in [0.15, 0.2) is 54.9 Å². The van der Waals surface area contributed by atoms with Crippen LogP contribution in [-0.2, 0) is 7.05 Å². The number of carbonyl (C=O) groups is 1. The molecule has 1 aromatic carbocycles. The lowest BCUT2D eigenvalue weighted by molar-refractivity contribution is 0.101. The largest absolute Gasteiger partial charge is 0.320 e. The molecule has 0 saturated carbocycles. The zero-order valence-electron chi connectivity index (χ0n) is 14.3. The second kappa shape index (κ2) is 6.31. The summed E-state index contributed by atoms with van der Waals surface area (Å²) in [5, 5.41) is 7.15. The van der Waals surface area contributed by atoms with Crippen molar-refractivity contribution < 1.29 is 4.79 Å². The number of nitrogens with one attached hydrogen (secondary N) is 1. The van der Waals surface area contributed by atoms with Gasteiger partial charge in [0.15, 0.2) is 0 Å². The Kier molecular flexibility index (Phi) is 3.97. The molecule has 0 aliphatic heterocycles. The highest BCUT2D eigenvalue weighted by Crippen LogP contribution is 2.25. The van der Waals surface area contributed by atoms with Crippen LogP contribution in [0.25, 0.3) is 16.9 Å². The van der Waals surface area contributed by atoms with Crippen molar-refractivity contribution in [2.75, 3.05) is 5.32 Å². The fourth-order valence-electron chi connectivity index (χ4n) is 2.97. The molecule has 0 aliphatic carbocycles. The molecule has 4 rings (SSSR count). The van der Waals surface area contributed by atoms with Crippen molar-refractivity contribution in [3.63, 3.8) is 0 Å². The fraction of sp³-hybridized carbons (Fsp3) is 0.105. The van der Waals surface area contributed by atoms with Gasteiger partial charge in [0.25, 0.3) is 5.91 Å². The molecular weight excluding hydrogens is 350 g/mol. The third-order valence-electron chi connectivity index (χ3n) is 4.28. The van der Waals surface area contributed by atoms with E-state index in [1.54, 1.807) is 7.05 Å². The molecule has 3 aromatic heterocycles. The van der Waals surface area contributed by atoms with Gasteiger partial charge in [-0.15, -0.1) is 0 Å². The number of rotatable bonds is 3. The van der Waals surface area contributed by atoms with Gasteiger partial charge < -0.3 is 9.72 Å². The number of imidazole rings is 1. The van der Waals surface area contributed by atoms with Crippen LogP contribution in [-0.4, -0.2) is 25.1 Å². The molecule has 6 nitrogen and oxygen atoms in total. The lowest BCUT2D eigenvalue weighted by Crippen LogP contribution is -2.16. The summed E-state index contributed by atoms with van der Waals surface area (Å²) in [5.74, 6) is -0.314. The van der Waals surface area contributed by atoms with Gasteiger partial charge in [-0.3, -0.25) is 9.48 Å². The number of anilines is 1. The number of fused-ring (bicyclic) bond motifs is 1. The molecule has 0 atom stereocenters. The second-order valence-corrected chi connectivity index (χ2v) is 6.38. The number of benzene rings is 1. The molecular formula is C19H16ClN5O. The quantitative estimate of drug-likeness (QED) is 0.598. The topological polar surface area (TPSA) is 64.2 Å². The minimum atomic E-state index is -0.314. The standard InChI is InChI=1S/C19H16ClN5O/c1-12-17(13-6-4-3-5-7-13)23-16-10-14(8-9-25(12)16)22-19(26)18-15(20)11-21-24(18)2/h3-11H,1-2H3,(H,22,26). The molecule has 7 heteroatoms. The summed E-state index contributed by atoms with van der Waals surface area (Å²) < 4.78 is 3.44. The highest BCUT2D eigenvalue weighted by atomic mass is 35.5. The smallest absolute Gasteiger partial charge is 0.275 e. The van der Waals surface area contributed by atoms with Gasteiger partial charge in [-0.25, -0.2) is 4.98 Å². The third kappa shape index (κ3) is 2.74. The molecule has 3 heterocycles. The SMILES string of the molecule is Cc1c(-c2ccccc2)nc2cc(NC(=O)c3c(Cl)cnn3C)ccn12. The zero-order valence-corrected chi connectivity index (χ0v) is 15.0. The first-order valence-electron chi connectivity index (χ1n) is 8.07. The van der Waals surface area contributed by atoms with Crippen molar-refractivity contribution in [2.24, 2.45) is 7.05 Å². The Morgan fingerprint density at radius 1 is 1.19 bits per heavy atom. The molecule has 0 radical (unpaired) electrons. The van der Waals surface area contributed by atoms with Crippen LogP contribution in [0.1, 0.15) is 16.2 Å². The Bertz CT molecular complexity index is 1090. The van der Waals surface area contributed by atoms with Crippen LogP contribution in [0.3, 0.4) is 0 Å². The third-order valence-corrected chi connectivity index (χ3v) is 4.56. The van der Waals surface area contributed by atoms with E-state index in [4.69, 9.17) is 16.6 Å². The Balaban J connectivity index is 1.69. The number of aryl methyl sites for hydroxylation is 2. The molecule has 26 heavy (non-hydrogen) atoms. The molecule has 0 aliphatic rings. The van der Waals surface area contributed by atoms with E-state index in [0.717, 1.165) is 22.6 Å². The summed E-state index contributed by atoms with van der Waals surface area (Å²) in [4.78, 5) is 17.2. The van der Waals surface area contributed by atoms with Crippen LogP contribution >= 0.6 is 11.6 Å². The van der Waals surface area contributed by atoms with Crippen molar-refractivity contribution in [1.82, 2.24) is 19.2 Å². The Hall–Kier alpha value is -3.12. The lowest BCUT2D eigenvalue weighted by atomic mass is 10.1. The first-order chi connectivity index (χ1) is 12.5. The van der Waals surface area contributed by atoms with Gasteiger partial charge in [-0.05, 0) is 13.0 Å². The number of hydrogen-bond acceptors (Lipinski definition) is 3. The van der Waals surface area contributed by atoms with Gasteiger partial charge in [-0.1, -0.05) is 41.9 Å². The Morgan fingerprint density at radius 2 is 1.96 bits per heavy atom. The predicted octanol–water partition coefficient (Wildman–Crippen LogP) is 3.95. The highest BCUT2D eigenvalue weighted by Gasteiger charge is 2.16. The summed E-state index contributed by atoms with van der Waals surface area (Å²) in [6, 6.07) is 13.7. The summed E-state index contributed by atoms with van der Waals surface area (Å²) in [6.07, 6.45) is 3.34. The Labute approximate surface area is 155 Å². The van der Waals surface area contributed by atoms with E-state index in [1.807, 2.05) is 60.0 Å². The van der Waals surface area contributed by atoms with E-state index in [1.165, 1.54) is 10.9 Å². The van der Waals surface area contributed by atoms with E-state index < -0.39 is 0 Å². The van der Waals surface area contributed by atoms with Gasteiger partial charge in [0.05, 0.1) is 16.9 Å². The molecule has 4 aromatic rings. The normalized spacial score (nSPS) is 11.0. The van der Waals surface area contributed by atoms with Gasteiger partial charge in [0.2, 0.25) is 0 Å². The van der Waals surface area contributed by atoms with E-state index in [2.05, 4.69) is 10.4 Å². The number of halogens is 1. The summed E-state index contributed by atoms with van der Waals surface area (Å²) in [7, 11) is 1.67. The van der Waals surface area contributed by atoms with Gasteiger partial charge in [0, 0.05) is 36.3 Å². The van der Waals surface area contributed by atoms with Crippen LogP contribution in [0.5, 0.6) is 0 Å². The van der Waals surface area contributed by atoms with Crippen molar-refractivity contribution in [1.29, 1.82) is 0 Å². The van der Waals surface area contributed by atoms with Crippen LogP contribution in [0, 0.1) is 6.92 Å². The Morgan fingerprint density at radius 3 is 2.65 bits per heavy atom. The first-order valence-corrected chi connectivity index (χ1v) is 8.45. The molecule has 130 valence electrons. The number of hydrogen-bond donors (Lipinski definition) is 1. The van der Waals surface area contributed by atoms with Crippen molar-refractivity contribution in [3.8, 4) is 11.3 Å². The fourth-order valence-corrected chi connectivity index (χ4v) is 3.22. The number of aromatic nitrogens is 4. The van der Waals surface area contributed by atoms with Crippen molar-refractivity contribution in [3.05, 3.63) is 71.3 Å². The van der Waals surface area contributed by atoms with Crippen LogP contribution in [0.2, 0.25) is 5.02 Å². The summed E-state index contributed by atoms with van der Waals surface area (Å²) in [6.45, 7) is 2.02. The second-order valence-electron chi connectivity index (χ2n) is 5.97. The van der Waals surface area contributed by atoms with Gasteiger partial charge in [0.1, 0.15) is 11.3 Å². The first kappa shape index (κ1) is 16.4. The molecule has 0 bridgehead atoms. The highest BCUT2D eigenvalue weighted by molar-refractivity contribution is 6.34. The van der Waals surface area contributed by atoms with Crippen LogP contribution in [0.4, 0.5) is 5.69 Å². The minimum absolute atomic E-state index is 0.314. The maximum Gasteiger partial charge on any atom is 0.275 e. The number of pyridine rings is 1. The number of nitrogens with zero attached hydrogens (tertiary/aromatic N) is 4. The zero-order chi connectivity index (χ0) is 18.3. The summed E-state index contributed by atoms with van der Waals surface area (Å²) in [5.41, 5.74) is 4.74. The van der Waals surface area contributed by atoms with E-state index in [9.17, 15) is 4.79 Å². The van der Waals surface area contributed by atoms with Gasteiger partial charge in [-0.2, -0.15) is 5.10 Å². The molecule has 1 amide bonds. The van der Waals surface area contributed by atoms with Crippen molar-refractivity contribution >= 4 is 28.8 Å². The van der Waals surface area contributed by atoms with Crippen LogP contribution < -0.4 is 5.32 Å². The van der Waals surface area contributed by atoms with Gasteiger partial charge >= 0.3 is 0 Å². The molecule has 0 spiro atoms. The molecule has 0 unspecified atom stereocenters. The van der Waals surface area contributed by atoms with E-state index in [-0.39, 0.29) is 5.91 Å².